The lowest BCUT2D eigenvalue weighted by Crippen LogP contribution is -2.03. The fourth-order valence-corrected chi connectivity index (χ4v) is 1.73. The molecule has 2 aromatic carbocycles. The molecule has 0 unspecified atom stereocenters. The van der Waals surface area contributed by atoms with Crippen molar-refractivity contribution in [2.24, 2.45) is 0 Å². The Morgan fingerprint density at radius 3 is 2.37 bits per heavy atom. The highest BCUT2D eigenvalue weighted by Crippen LogP contribution is 2.19. The maximum absolute atomic E-state index is 11.0. The summed E-state index contributed by atoms with van der Waals surface area (Å²) < 4.78 is 0. The van der Waals surface area contributed by atoms with Crippen molar-refractivity contribution in [3.05, 3.63) is 65.2 Å². The normalized spacial score (nSPS) is 10.5. The van der Waals surface area contributed by atoms with E-state index in [9.17, 15) is 4.79 Å². The lowest BCUT2D eigenvalue weighted by molar-refractivity contribution is 0.0698. The van der Waals surface area contributed by atoms with E-state index in [0.29, 0.717) is 5.69 Å². The Hall–Kier alpha value is -2.49. The van der Waals surface area contributed by atoms with Gasteiger partial charge in [-0.05, 0) is 23.3 Å². The highest BCUT2D eigenvalue weighted by atomic mass is 16.4. The van der Waals surface area contributed by atoms with Gasteiger partial charge in [-0.15, -0.1) is 0 Å². The van der Waals surface area contributed by atoms with Crippen LogP contribution < -0.4 is 5.23 Å². The van der Waals surface area contributed by atoms with E-state index in [0.717, 1.165) is 11.1 Å². The highest BCUT2D eigenvalue weighted by molar-refractivity contribution is 6.17. The molecule has 0 spiro atoms. The summed E-state index contributed by atoms with van der Waals surface area (Å²) in [6.45, 7) is 0. The minimum atomic E-state index is -1.01. The quantitative estimate of drug-likeness (QED) is 0.646. The van der Waals surface area contributed by atoms with Crippen LogP contribution in [0.25, 0.3) is 12.2 Å². The lowest BCUT2D eigenvalue weighted by Gasteiger charge is -2.06. The Bertz CT molecular complexity index is 609. The van der Waals surface area contributed by atoms with Gasteiger partial charge < -0.3 is 10.3 Å². The van der Waals surface area contributed by atoms with Crippen LogP contribution in [0.1, 0.15) is 21.5 Å². The van der Waals surface area contributed by atoms with Crippen molar-refractivity contribution in [1.82, 2.24) is 0 Å². The minimum absolute atomic E-state index is 0.152. The van der Waals surface area contributed by atoms with E-state index < -0.39 is 5.97 Å². The summed E-state index contributed by atoms with van der Waals surface area (Å²) in [5.74, 6) is -1.01. The number of hydrogen-bond acceptors (Lipinski definition) is 2. The molecule has 2 rings (SSSR count). The van der Waals surface area contributed by atoms with Gasteiger partial charge in [-0.25, -0.2) is 4.79 Å². The first-order valence-electron chi connectivity index (χ1n) is 5.78. The Morgan fingerprint density at radius 1 is 1.05 bits per heavy atom. The predicted octanol–water partition coefficient (Wildman–Crippen LogP) is 3.05. The first kappa shape index (κ1) is 13.0. The topological polar surface area (TPSA) is 49.3 Å². The fourth-order valence-electron chi connectivity index (χ4n) is 1.73. The summed E-state index contributed by atoms with van der Waals surface area (Å²) in [6.07, 6.45) is 3.86. The van der Waals surface area contributed by atoms with Crippen LogP contribution in [0.3, 0.4) is 0 Å². The Kier molecular flexibility index (Phi) is 4.03. The summed E-state index contributed by atoms with van der Waals surface area (Å²) in [5.41, 5.74) is 2.50. The van der Waals surface area contributed by atoms with Crippen LogP contribution in [0.15, 0.2) is 48.5 Å². The average molecular weight is 249 g/mol. The minimum Gasteiger partial charge on any atom is -0.478 e. The smallest absolute Gasteiger partial charge is 0.337 e. The lowest BCUT2D eigenvalue weighted by atomic mass is 10.1. The molecule has 0 saturated carbocycles. The number of rotatable bonds is 4. The summed E-state index contributed by atoms with van der Waals surface area (Å²) in [6, 6.07) is 14.8. The van der Waals surface area contributed by atoms with Crippen molar-refractivity contribution >= 4 is 31.8 Å². The number of benzene rings is 2. The largest absolute Gasteiger partial charge is 0.478 e. The highest BCUT2D eigenvalue weighted by Gasteiger charge is 2.08. The maximum atomic E-state index is 11.0. The second kappa shape index (κ2) is 5.91. The molecule has 0 aliphatic heterocycles. The van der Waals surface area contributed by atoms with Crippen molar-refractivity contribution in [2.45, 2.75) is 0 Å². The molecule has 92 valence electrons. The Morgan fingerprint density at radius 2 is 1.74 bits per heavy atom. The maximum Gasteiger partial charge on any atom is 0.337 e. The molecule has 3 nitrogen and oxygen atoms in total. The summed E-state index contributed by atoms with van der Waals surface area (Å²) in [7, 11) is 5.33. The predicted molar refractivity (Wildman–Crippen MR) is 78.1 cm³/mol. The third-order valence-electron chi connectivity index (χ3n) is 2.70. The number of carbonyl (C=O) groups is 1. The molecule has 0 fully saturated rings. The van der Waals surface area contributed by atoms with E-state index in [-0.39, 0.29) is 5.56 Å². The van der Waals surface area contributed by atoms with E-state index in [1.807, 2.05) is 42.5 Å². The molecule has 0 aromatic heterocycles. The molecular weight excluding hydrogens is 237 g/mol. The third-order valence-corrected chi connectivity index (χ3v) is 2.70. The third kappa shape index (κ3) is 3.25. The zero-order chi connectivity index (χ0) is 13.7. The van der Waals surface area contributed by atoms with E-state index >= 15 is 0 Å². The SMILES string of the molecule is [B]Nc1cc(/C=C/c2ccccc2)ccc1C(=O)O. The van der Waals surface area contributed by atoms with Gasteiger partial charge in [0.05, 0.1) is 5.56 Å². The summed E-state index contributed by atoms with van der Waals surface area (Å²) in [4.78, 5) is 11.0. The van der Waals surface area contributed by atoms with Crippen LogP contribution in [0.4, 0.5) is 5.69 Å². The summed E-state index contributed by atoms with van der Waals surface area (Å²) in [5, 5.41) is 11.4. The number of aromatic carboxylic acids is 1. The molecule has 0 aliphatic rings. The van der Waals surface area contributed by atoms with Crippen LogP contribution in [-0.4, -0.2) is 19.1 Å². The molecule has 0 aliphatic carbocycles. The van der Waals surface area contributed by atoms with Gasteiger partial charge >= 0.3 is 5.97 Å². The molecule has 4 heteroatoms. The van der Waals surface area contributed by atoms with Gasteiger partial charge in [0.15, 0.2) is 0 Å². The first-order valence-corrected chi connectivity index (χ1v) is 5.78. The van der Waals surface area contributed by atoms with Crippen LogP contribution in [0, 0.1) is 0 Å². The first-order chi connectivity index (χ1) is 9.20. The summed E-state index contributed by atoms with van der Waals surface area (Å²) >= 11 is 0. The van der Waals surface area contributed by atoms with Gasteiger partial charge in [0.25, 0.3) is 0 Å². The van der Waals surface area contributed by atoms with E-state index in [4.69, 9.17) is 13.1 Å². The zero-order valence-electron chi connectivity index (χ0n) is 10.2. The van der Waals surface area contributed by atoms with E-state index in [2.05, 4.69) is 5.23 Å². The monoisotopic (exact) mass is 249 g/mol. The Balaban J connectivity index is 2.27. The fraction of sp³-hybridized carbons (Fsp3) is 0. The standard InChI is InChI=1S/C15H12BNO2/c16-17-14-10-12(8-9-13(14)15(18)19)7-6-11-4-2-1-3-5-11/h1-10,17H,(H,18,19)/b7-6+. The molecule has 0 heterocycles. The second-order valence-electron chi connectivity index (χ2n) is 4.00. The van der Waals surface area contributed by atoms with Gasteiger partial charge in [-0.1, -0.05) is 48.6 Å². The number of hydrogen-bond donors (Lipinski definition) is 2. The average Bonchev–Trinajstić information content (AvgIpc) is 2.45. The molecule has 2 N–H and O–H groups in total. The van der Waals surface area contributed by atoms with Gasteiger partial charge in [-0.3, -0.25) is 0 Å². The molecule has 2 radical (unpaired) electrons. The van der Waals surface area contributed by atoms with Gasteiger partial charge in [0.1, 0.15) is 0 Å². The van der Waals surface area contributed by atoms with Crippen molar-refractivity contribution in [2.75, 3.05) is 5.23 Å². The number of nitrogens with one attached hydrogen (secondary N) is 1. The van der Waals surface area contributed by atoms with Crippen molar-refractivity contribution in [3.63, 3.8) is 0 Å². The molecule has 2 aromatic rings. The van der Waals surface area contributed by atoms with Crippen LogP contribution >= 0.6 is 0 Å². The number of carboxylic acid groups (broad SMARTS) is 1. The molecule has 0 bridgehead atoms. The van der Waals surface area contributed by atoms with Gasteiger partial charge in [0.2, 0.25) is 7.98 Å². The van der Waals surface area contributed by atoms with E-state index in [1.54, 1.807) is 12.1 Å². The number of carboxylic acids is 1. The second-order valence-corrected chi connectivity index (χ2v) is 4.00. The number of anilines is 1. The molecule has 0 atom stereocenters. The van der Waals surface area contributed by atoms with Crippen LogP contribution in [0.2, 0.25) is 0 Å². The van der Waals surface area contributed by atoms with Gasteiger partial charge in [-0.2, -0.15) is 0 Å². The van der Waals surface area contributed by atoms with Crippen molar-refractivity contribution < 1.29 is 9.90 Å². The molecule has 0 amide bonds. The van der Waals surface area contributed by atoms with Crippen LogP contribution in [-0.2, 0) is 0 Å². The Labute approximate surface area is 113 Å². The zero-order valence-corrected chi connectivity index (χ0v) is 10.2. The van der Waals surface area contributed by atoms with Crippen molar-refractivity contribution in [3.8, 4) is 0 Å². The molecule has 0 saturated heterocycles. The molecule has 19 heavy (non-hydrogen) atoms. The van der Waals surface area contributed by atoms with Crippen LogP contribution in [0.5, 0.6) is 0 Å². The van der Waals surface area contributed by atoms with E-state index in [1.165, 1.54) is 6.07 Å². The van der Waals surface area contributed by atoms with Crippen molar-refractivity contribution in [1.29, 1.82) is 0 Å². The van der Waals surface area contributed by atoms with Gasteiger partial charge in [0, 0.05) is 5.69 Å². The molecular formula is C15H12BNO2.